The summed E-state index contributed by atoms with van der Waals surface area (Å²) in [6.07, 6.45) is 6.30. The highest BCUT2D eigenvalue weighted by Crippen LogP contribution is 2.30. The van der Waals surface area contributed by atoms with E-state index in [2.05, 4.69) is 13.5 Å². The van der Waals surface area contributed by atoms with Crippen LogP contribution in [0.1, 0.15) is 26.7 Å². The molecular weight excluding hydrogens is 235 g/mol. The number of rotatable bonds is 6. The number of thioether (sulfide) groups is 1. The molecule has 0 nitrogen and oxygen atoms in total. The van der Waals surface area contributed by atoms with Crippen LogP contribution >= 0.6 is 35.0 Å². The minimum absolute atomic E-state index is 0.406. The lowest BCUT2D eigenvalue weighted by Crippen LogP contribution is -1.83. The Morgan fingerprint density at radius 3 is 2.50 bits per heavy atom. The fourth-order valence-electron chi connectivity index (χ4n) is 0.796. The van der Waals surface area contributed by atoms with Crippen LogP contribution in [0, 0.1) is 0 Å². The van der Waals surface area contributed by atoms with Crippen LogP contribution in [0.3, 0.4) is 0 Å². The molecule has 0 radical (unpaired) electrons. The van der Waals surface area contributed by atoms with E-state index in [4.69, 9.17) is 23.2 Å². The van der Waals surface area contributed by atoms with Crippen LogP contribution in [-0.2, 0) is 0 Å². The van der Waals surface area contributed by atoms with Crippen molar-refractivity contribution in [1.82, 2.24) is 0 Å². The van der Waals surface area contributed by atoms with Gasteiger partial charge < -0.3 is 0 Å². The highest BCUT2D eigenvalue weighted by Gasteiger charge is 2.03. The van der Waals surface area contributed by atoms with E-state index in [1.807, 2.05) is 19.1 Å². The molecule has 0 heterocycles. The maximum Gasteiger partial charge on any atom is 0.0721 e. The number of hydrogen-bond donors (Lipinski definition) is 0. The van der Waals surface area contributed by atoms with Gasteiger partial charge in [0.1, 0.15) is 0 Å². The highest BCUT2D eigenvalue weighted by atomic mass is 35.5. The molecule has 0 atom stereocenters. The predicted molar refractivity (Wildman–Crippen MR) is 70.1 cm³/mol. The van der Waals surface area contributed by atoms with Gasteiger partial charge >= 0.3 is 0 Å². The van der Waals surface area contributed by atoms with Gasteiger partial charge in [-0.2, -0.15) is 0 Å². The molecule has 0 aromatic carbocycles. The third-order valence-electron chi connectivity index (χ3n) is 1.53. The van der Waals surface area contributed by atoms with E-state index < -0.39 is 0 Å². The average molecular weight is 251 g/mol. The van der Waals surface area contributed by atoms with E-state index in [1.165, 1.54) is 12.8 Å². The third kappa shape index (κ3) is 5.79. The van der Waals surface area contributed by atoms with Crippen LogP contribution in [0.5, 0.6) is 0 Å². The van der Waals surface area contributed by atoms with Gasteiger partial charge in [-0.05, 0) is 19.1 Å². The van der Waals surface area contributed by atoms with Crippen LogP contribution in [-0.4, -0.2) is 5.75 Å². The highest BCUT2D eigenvalue weighted by molar-refractivity contribution is 8.03. The summed E-state index contributed by atoms with van der Waals surface area (Å²) in [5, 5.41) is 0.967. The summed E-state index contributed by atoms with van der Waals surface area (Å²) in [5.74, 6) is 1.07. The van der Waals surface area contributed by atoms with E-state index >= 15 is 0 Å². The Labute approximate surface area is 101 Å². The first-order valence-corrected chi connectivity index (χ1v) is 6.37. The first kappa shape index (κ1) is 14.2. The molecule has 3 heteroatoms. The second-order valence-electron chi connectivity index (χ2n) is 2.79. The zero-order chi connectivity index (χ0) is 11.0. The Hall–Kier alpha value is 0.150. The minimum Gasteiger partial charge on any atom is -0.125 e. The maximum absolute atomic E-state index is 6.02. The van der Waals surface area contributed by atoms with Gasteiger partial charge in [0.25, 0.3) is 0 Å². The first-order chi connectivity index (χ1) is 6.63. The summed E-state index contributed by atoms with van der Waals surface area (Å²) in [7, 11) is 0. The van der Waals surface area contributed by atoms with Crippen molar-refractivity contribution in [2.75, 3.05) is 5.75 Å². The topological polar surface area (TPSA) is 0 Å². The minimum atomic E-state index is 0.406. The van der Waals surface area contributed by atoms with Crippen LogP contribution in [0.25, 0.3) is 0 Å². The average Bonchev–Trinajstić information content (AvgIpc) is 2.15. The van der Waals surface area contributed by atoms with Crippen LogP contribution in [0.4, 0.5) is 0 Å². The van der Waals surface area contributed by atoms with Crippen LogP contribution in [0.2, 0.25) is 0 Å². The maximum atomic E-state index is 6.02. The molecule has 14 heavy (non-hydrogen) atoms. The zero-order valence-electron chi connectivity index (χ0n) is 8.65. The third-order valence-corrected chi connectivity index (χ3v) is 3.50. The molecule has 0 N–H and O–H groups in total. The van der Waals surface area contributed by atoms with E-state index in [-0.39, 0.29) is 0 Å². The largest absolute Gasteiger partial charge is 0.125 e. The van der Waals surface area contributed by atoms with Crippen molar-refractivity contribution in [3.8, 4) is 0 Å². The molecule has 0 aliphatic heterocycles. The van der Waals surface area contributed by atoms with Gasteiger partial charge in [0.2, 0.25) is 0 Å². The molecule has 0 aromatic rings. The molecule has 0 amide bonds. The van der Waals surface area contributed by atoms with E-state index in [1.54, 1.807) is 11.8 Å². The van der Waals surface area contributed by atoms with Crippen LogP contribution < -0.4 is 0 Å². The molecule has 0 spiro atoms. The Morgan fingerprint density at radius 2 is 2.07 bits per heavy atom. The first-order valence-electron chi connectivity index (χ1n) is 4.63. The standard InChI is InChI=1S/C11H16Cl2S/c1-4-6-8-14-10(7-5-2)11(13)9(3)12/h5,7H,3-4,6,8H2,1-2H3/b7-5-,11-10-. The molecule has 0 aromatic heterocycles. The second-order valence-corrected chi connectivity index (χ2v) is 4.76. The van der Waals surface area contributed by atoms with Gasteiger partial charge in [-0.25, -0.2) is 0 Å². The van der Waals surface area contributed by atoms with Crippen molar-refractivity contribution in [1.29, 1.82) is 0 Å². The van der Waals surface area contributed by atoms with E-state index in [9.17, 15) is 0 Å². The lowest BCUT2D eigenvalue weighted by molar-refractivity contribution is 0.897. The van der Waals surface area contributed by atoms with Crippen LogP contribution in [0.15, 0.2) is 33.7 Å². The summed E-state index contributed by atoms with van der Waals surface area (Å²) >= 11 is 13.5. The fourth-order valence-corrected chi connectivity index (χ4v) is 2.32. The number of allylic oxidation sites excluding steroid dienone is 4. The van der Waals surface area contributed by atoms with Gasteiger partial charge in [-0.3, -0.25) is 0 Å². The van der Waals surface area contributed by atoms with Gasteiger partial charge in [-0.1, -0.05) is 55.3 Å². The van der Waals surface area contributed by atoms with Crippen molar-refractivity contribution in [3.63, 3.8) is 0 Å². The molecule has 0 fully saturated rings. The van der Waals surface area contributed by atoms with Crippen molar-refractivity contribution in [2.45, 2.75) is 26.7 Å². The lowest BCUT2D eigenvalue weighted by Gasteiger charge is -2.04. The van der Waals surface area contributed by atoms with Crippen molar-refractivity contribution < 1.29 is 0 Å². The molecule has 0 aliphatic carbocycles. The van der Waals surface area contributed by atoms with Gasteiger partial charge in [0, 0.05) is 4.91 Å². The SMILES string of the molecule is C=C(Cl)/C(Cl)=C(\C=C/C)SCCCC. The monoisotopic (exact) mass is 250 g/mol. The normalized spacial score (nSPS) is 13.1. The second kappa shape index (κ2) is 8.46. The summed E-state index contributed by atoms with van der Waals surface area (Å²) in [4.78, 5) is 1.00. The smallest absolute Gasteiger partial charge is 0.0721 e. The molecule has 80 valence electrons. The Kier molecular flexibility index (Phi) is 8.55. The summed E-state index contributed by atoms with van der Waals surface area (Å²) in [5.41, 5.74) is 0. The lowest BCUT2D eigenvalue weighted by atomic mass is 10.4. The molecule has 0 rings (SSSR count). The molecule has 0 saturated heterocycles. The number of unbranched alkanes of at least 4 members (excludes halogenated alkanes) is 1. The molecule has 0 bridgehead atoms. The zero-order valence-corrected chi connectivity index (χ0v) is 11.0. The Bertz CT molecular complexity index is 242. The molecule has 0 aliphatic rings. The Morgan fingerprint density at radius 1 is 1.43 bits per heavy atom. The van der Waals surface area contributed by atoms with Gasteiger partial charge in [-0.15, -0.1) is 11.8 Å². The predicted octanol–water partition coefficient (Wildman–Crippen LogP) is 5.30. The van der Waals surface area contributed by atoms with Gasteiger partial charge in [0.05, 0.1) is 10.1 Å². The fraction of sp³-hybridized carbons (Fsp3) is 0.455. The van der Waals surface area contributed by atoms with Gasteiger partial charge in [0.15, 0.2) is 0 Å². The van der Waals surface area contributed by atoms with Crippen molar-refractivity contribution >= 4 is 35.0 Å². The summed E-state index contributed by atoms with van der Waals surface area (Å²) in [6.45, 7) is 7.74. The van der Waals surface area contributed by atoms with E-state index in [0.29, 0.717) is 10.1 Å². The molecule has 0 saturated carbocycles. The van der Waals surface area contributed by atoms with Crippen molar-refractivity contribution in [2.24, 2.45) is 0 Å². The Balaban J connectivity index is 4.43. The molecular formula is C11H16Cl2S. The van der Waals surface area contributed by atoms with Crippen molar-refractivity contribution in [3.05, 3.63) is 33.7 Å². The number of halogens is 2. The number of hydrogen-bond acceptors (Lipinski definition) is 1. The summed E-state index contributed by atoms with van der Waals surface area (Å²) in [6, 6.07) is 0. The van der Waals surface area contributed by atoms with E-state index in [0.717, 1.165) is 10.7 Å². The quantitative estimate of drug-likeness (QED) is 0.456. The summed E-state index contributed by atoms with van der Waals surface area (Å²) < 4.78 is 0. The molecule has 0 unspecified atom stereocenters.